The molecule has 0 bridgehead atoms. The van der Waals surface area contributed by atoms with Crippen LogP contribution in [0.1, 0.15) is 5.56 Å². The van der Waals surface area contributed by atoms with Crippen LogP contribution in [-0.4, -0.2) is 23.5 Å². The number of nitrogens with one attached hydrogen (secondary N) is 1. The molecule has 0 fully saturated rings. The Balaban J connectivity index is 2.13. The van der Waals surface area contributed by atoms with Gasteiger partial charge in [-0.25, -0.2) is 9.07 Å². The molecule has 112 valence electrons. The molecule has 2 aromatic rings. The first-order valence-electron chi connectivity index (χ1n) is 6.35. The summed E-state index contributed by atoms with van der Waals surface area (Å²) in [5.41, 5.74) is 0.447. The maximum Gasteiger partial charge on any atom is 0.287 e. The van der Waals surface area contributed by atoms with Crippen LogP contribution in [0, 0.1) is 5.82 Å². The number of rotatable bonds is 6. The van der Waals surface area contributed by atoms with Crippen molar-refractivity contribution >= 4 is 17.3 Å². The molecule has 21 heavy (non-hydrogen) atoms. The fourth-order valence-electron chi connectivity index (χ4n) is 1.76. The van der Waals surface area contributed by atoms with Crippen LogP contribution in [0.3, 0.4) is 0 Å². The Hall–Kier alpha value is -1.92. The monoisotopic (exact) mass is 311 g/mol. The summed E-state index contributed by atoms with van der Waals surface area (Å²) in [5.74, 6) is -0.317. The summed E-state index contributed by atoms with van der Waals surface area (Å²) in [7, 11) is 1.54. The molecule has 0 saturated heterocycles. The molecule has 0 radical (unpaired) electrons. The first kappa shape index (κ1) is 15.5. The summed E-state index contributed by atoms with van der Waals surface area (Å²) in [5, 5.41) is 6.94. The summed E-state index contributed by atoms with van der Waals surface area (Å²) < 4.78 is 19.6. The lowest BCUT2D eigenvalue weighted by molar-refractivity contribution is 0.182. The van der Waals surface area contributed by atoms with E-state index >= 15 is 0 Å². The number of aromatic nitrogens is 2. The van der Waals surface area contributed by atoms with E-state index in [9.17, 15) is 9.18 Å². The maximum absolute atomic E-state index is 13.5. The molecule has 0 aliphatic carbocycles. The lowest BCUT2D eigenvalue weighted by Crippen LogP contribution is -2.26. The van der Waals surface area contributed by atoms with Crippen LogP contribution < -0.4 is 10.9 Å². The van der Waals surface area contributed by atoms with Crippen molar-refractivity contribution in [1.82, 2.24) is 9.78 Å². The van der Waals surface area contributed by atoms with E-state index in [4.69, 9.17) is 16.3 Å². The Kier molecular flexibility index (Phi) is 5.30. The highest BCUT2D eigenvalue weighted by Gasteiger charge is 2.09. The van der Waals surface area contributed by atoms with Gasteiger partial charge in [0.25, 0.3) is 5.56 Å². The molecular formula is C14H15ClFN3O2. The highest BCUT2D eigenvalue weighted by Crippen LogP contribution is 2.17. The fraction of sp³-hybridized carbons (Fsp3) is 0.286. The van der Waals surface area contributed by atoms with Crippen molar-refractivity contribution in [2.24, 2.45) is 0 Å². The Morgan fingerprint density at radius 1 is 1.43 bits per heavy atom. The second kappa shape index (κ2) is 7.19. The van der Waals surface area contributed by atoms with Crippen LogP contribution in [0.5, 0.6) is 0 Å². The zero-order valence-corrected chi connectivity index (χ0v) is 12.2. The Morgan fingerprint density at radius 3 is 2.90 bits per heavy atom. The van der Waals surface area contributed by atoms with E-state index in [-0.39, 0.29) is 17.4 Å². The number of nitrogens with zero attached hydrogens (tertiary/aromatic N) is 2. The van der Waals surface area contributed by atoms with Gasteiger partial charge in [-0.1, -0.05) is 29.8 Å². The van der Waals surface area contributed by atoms with Crippen LogP contribution in [0.25, 0.3) is 0 Å². The molecular weight excluding hydrogens is 297 g/mol. The van der Waals surface area contributed by atoms with Crippen LogP contribution in [-0.2, 0) is 17.8 Å². The molecule has 1 aromatic carbocycles. The molecule has 7 heteroatoms. The van der Waals surface area contributed by atoms with Crippen molar-refractivity contribution < 1.29 is 9.13 Å². The smallest absolute Gasteiger partial charge is 0.287 e. The van der Waals surface area contributed by atoms with Gasteiger partial charge in [0, 0.05) is 19.2 Å². The quantitative estimate of drug-likeness (QED) is 0.889. The third-order valence-corrected chi connectivity index (χ3v) is 3.28. The van der Waals surface area contributed by atoms with E-state index in [1.807, 2.05) is 0 Å². The standard InChI is InChI=1S/C14H15ClFN3O2/c1-21-7-6-19-14(20)13(15)12(9-18-19)17-8-10-4-2-3-5-11(10)16/h2-5,9,17H,6-8H2,1H3. The zero-order chi connectivity index (χ0) is 15.2. The van der Waals surface area contributed by atoms with E-state index in [1.54, 1.807) is 18.2 Å². The van der Waals surface area contributed by atoms with Gasteiger partial charge >= 0.3 is 0 Å². The minimum atomic E-state index is -0.410. The predicted molar refractivity (Wildman–Crippen MR) is 79.1 cm³/mol. The van der Waals surface area contributed by atoms with Gasteiger partial charge in [0.15, 0.2) is 0 Å². The van der Waals surface area contributed by atoms with Gasteiger partial charge in [0.2, 0.25) is 0 Å². The van der Waals surface area contributed by atoms with Crippen LogP contribution in [0.4, 0.5) is 10.1 Å². The van der Waals surface area contributed by atoms with E-state index in [1.165, 1.54) is 24.1 Å². The number of hydrogen-bond acceptors (Lipinski definition) is 4. The number of benzene rings is 1. The first-order chi connectivity index (χ1) is 10.1. The molecule has 0 unspecified atom stereocenters. The summed E-state index contributed by atoms with van der Waals surface area (Å²) >= 11 is 6.01. The van der Waals surface area contributed by atoms with E-state index in [0.717, 1.165) is 0 Å². The molecule has 2 rings (SSSR count). The summed E-state index contributed by atoms with van der Waals surface area (Å²) in [6.45, 7) is 0.906. The Morgan fingerprint density at radius 2 is 2.19 bits per heavy atom. The lowest BCUT2D eigenvalue weighted by Gasteiger charge is -2.10. The molecule has 0 spiro atoms. The minimum absolute atomic E-state index is 0.0254. The molecule has 0 amide bonds. The van der Waals surface area contributed by atoms with Crippen molar-refractivity contribution in [2.75, 3.05) is 19.0 Å². The summed E-state index contributed by atoms with van der Waals surface area (Å²) in [4.78, 5) is 12.0. The largest absolute Gasteiger partial charge is 0.383 e. The van der Waals surface area contributed by atoms with Gasteiger partial charge < -0.3 is 10.1 Å². The first-order valence-corrected chi connectivity index (χ1v) is 6.73. The number of halogens is 2. The molecule has 0 atom stereocenters. The molecule has 0 aliphatic heterocycles. The molecule has 1 N–H and O–H groups in total. The zero-order valence-electron chi connectivity index (χ0n) is 11.5. The highest BCUT2D eigenvalue weighted by atomic mass is 35.5. The van der Waals surface area contributed by atoms with Crippen molar-refractivity contribution in [2.45, 2.75) is 13.1 Å². The second-order valence-corrected chi connectivity index (χ2v) is 4.72. The van der Waals surface area contributed by atoms with Gasteiger partial charge in [-0.2, -0.15) is 5.10 Å². The van der Waals surface area contributed by atoms with E-state index in [0.29, 0.717) is 24.4 Å². The van der Waals surface area contributed by atoms with Crippen molar-refractivity contribution in [3.8, 4) is 0 Å². The van der Waals surface area contributed by atoms with Gasteiger partial charge in [-0.3, -0.25) is 4.79 Å². The Labute approximate surface area is 126 Å². The van der Waals surface area contributed by atoms with Gasteiger partial charge in [0.1, 0.15) is 10.8 Å². The SMILES string of the molecule is COCCn1ncc(NCc2ccccc2F)c(Cl)c1=O. The van der Waals surface area contributed by atoms with Crippen LogP contribution >= 0.6 is 11.6 Å². The van der Waals surface area contributed by atoms with Crippen LogP contribution in [0.2, 0.25) is 5.02 Å². The highest BCUT2D eigenvalue weighted by molar-refractivity contribution is 6.32. The summed E-state index contributed by atoms with van der Waals surface area (Å²) in [6.07, 6.45) is 1.44. The number of hydrogen-bond donors (Lipinski definition) is 1. The van der Waals surface area contributed by atoms with Gasteiger partial charge in [-0.15, -0.1) is 0 Å². The van der Waals surface area contributed by atoms with Crippen molar-refractivity contribution in [3.63, 3.8) is 0 Å². The van der Waals surface area contributed by atoms with E-state index < -0.39 is 5.56 Å². The molecule has 5 nitrogen and oxygen atoms in total. The van der Waals surface area contributed by atoms with Crippen molar-refractivity contribution in [1.29, 1.82) is 0 Å². The van der Waals surface area contributed by atoms with Crippen LogP contribution in [0.15, 0.2) is 35.3 Å². The predicted octanol–water partition coefficient (Wildman–Crippen LogP) is 2.29. The molecule has 1 heterocycles. The van der Waals surface area contributed by atoms with Gasteiger partial charge in [0.05, 0.1) is 25.0 Å². The third-order valence-electron chi connectivity index (χ3n) is 2.92. The molecule has 0 saturated carbocycles. The topological polar surface area (TPSA) is 56.1 Å². The maximum atomic E-state index is 13.5. The average Bonchev–Trinajstić information content (AvgIpc) is 2.49. The van der Waals surface area contributed by atoms with Gasteiger partial charge in [-0.05, 0) is 6.07 Å². The number of anilines is 1. The molecule has 1 aromatic heterocycles. The van der Waals surface area contributed by atoms with E-state index in [2.05, 4.69) is 10.4 Å². The van der Waals surface area contributed by atoms with Crippen molar-refractivity contribution in [3.05, 3.63) is 57.2 Å². The minimum Gasteiger partial charge on any atom is -0.383 e. The third kappa shape index (κ3) is 3.80. The lowest BCUT2D eigenvalue weighted by atomic mass is 10.2. The summed E-state index contributed by atoms with van der Waals surface area (Å²) in [6, 6.07) is 6.39. The fourth-order valence-corrected chi connectivity index (χ4v) is 1.97. The average molecular weight is 312 g/mol. The Bertz CT molecular complexity index is 676. The molecule has 0 aliphatic rings. The second-order valence-electron chi connectivity index (χ2n) is 4.34. The number of methoxy groups -OCH3 is 1. The normalized spacial score (nSPS) is 10.6. The number of ether oxygens (including phenoxy) is 1.